The third-order valence-electron chi connectivity index (χ3n) is 4.02. The van der Waals surface area contributed by atoms with Gasteiger partial charge in [-0.2, -0.15) is 0 Å². The number of amides is 2. The lowest BCUT2D eigenvalue weighted by atomic mass is 10.1. The number of unbranched alkanes of at least 4 members (excludes halogenated alkanes) is 1. The quantitative estimate of drug-likeness (QED) is 0.815. The van der Waals surface area contributed by atoms with Crippen LogP contribution in [0.25, 0.3) is 0 Å². The summed E-state index contributed by atoms with van der Waals surface area (Å²) in [6.07, 6.45) is 2.44. The Kier molecular flexibility index (Phi) is 4.75. The molecule has 0 atom stereocenters. The molecule has 0 saturated heterocycles. The van der Waals surface area contributed by atoms with E-state index in [1.54, 1.807) is 12.1 Å². The second kappa shape index (κ2) is 7.13. The van der Waals surface area contributed by atoms with Gasteiger partial charge in [-0.05, 0) is 37.1 Å². The number of benzene rings is 2. The van der Waals surface area contributed by atoms with Gasteiger partial charge in [-0.25, -0.2) is 4.90 Å². The lowest BCUT2D eigenvalue weighted by molar-refractivity contribution is -0.120. The average molecular weight is 320 g/mol. The predicted octanol–water partition coefficient (Wildman–Crippen LogP) is 4.12. The van der Waals surface area contributed by atoms with Crippen molar-refractivity contribution in [2.75, 3.05) is 10.2 Å². The van der Waals surface area contributed by atoms with Crippen molar-refractivity contribution in [2.45, 2.75) is 26.2 Å². The SMILES string of the molecule is CCCCC1=C(Nc2ccccc2)C(=O)N(c2ccccc2)C1=O. The second-order valence-corrected chi connectivity index (χ2v) is 5.73. The number of nitrogens with one attached hydrogen (secondary N) is 1. The molecule has 2 aromatic rings. The fraction of sp³-hybridized carbons (Fsp3) is 0.200. The third kappa shape index (κ3) is 3.08. The van der Waals surface area contributed by atoms with Crippen molar-refractivity contribution in [3.05, 3.63) is 71.9 Å². The first-order valence-corrected chi connectivity index (χ1v) is 8.21. The number of carbonyl (C=O) groups is 2. The molecule has 0 spiro atoms. The number of hydrogen-bond acceptors (Lipinski definition) is 3. The van der Waals surface area contributed by atoms with E-state index in [0.717, 1.165) is 18.5 Å². The molecule has 24 heavy (non-hydrogen) atoms. The molecular formula is C20H20N2O2. The van der Waals surface area contributed by atoms with Gasteiger partial charge in [0.25, 0.3) is 11.8 Å². The first-order valence-electron chi connectivity index (χ1n) is 8.21. The van der Waals surface area contributed by atoms with E-state index < -0.39 is 0 Å². The molecule has 0 bridgehead atoms. The van der Waals surface area contributed by atoms with Gasteiger partial charge in [-0.3, -0.25) is 9.59 Å². The molecule has 122 valence electrons. The van der Waals surface area contributed by atoms with Gasteiger partial charge in [0.15, 0.2) is 0 Å². The van der Waals surface area contributed by atoms with Gasteiger partial charge < -0.3 is 5.32 Å². The number of nitrogens with zero attached hydrogens (tertiary/aromatic N) is 1. The van der Waals surface area contributed by atoms with Crippen LogP contribution in [0.5, 0.6) is 0 Å². The van der Waals surface area contributed by atoms with E-state index in [2.05, 4.69) is 12.2 Å². The fourth-order valence-corrected chi connectivity index (χ4v) is 2.77. The highest BCUT2D eigenvalue weighted by molar-refractivity contribution is 6.33. The minimum absolute atomic E-state index is 0.224. The van der Waals surface area contributed by atoms with Gasteiger partial charge in [0.2, 0.25) is 0 Å². The van der Waals surface area contributed by atoms with Crippen LogP contribution in [0.2, 0.25) is 0 Å². The maximum absolute atomic E-state index is 12.9. The monoisotopic (exact) mass is 320 g/mol. The minimum Gasteiger partial charge on any atom is -0.351 e. The second-order valence-electron chi connectivity index (χ2n) is 5.73. The molecule has 0 aliphatic carbocycles. The molecule has 0 unspecified atom stereocenters. The van der Waals surface area contributed by atoms with Gasteiger partial charge in [-0.1, -0.05) is 49.7 Å². The van der Waals surface area contributed by atoms with E-state index in [-0.39, 0.29) is 11.8 Å². The van der Waals surface area contributed by atoms with Gasteiger partial charge >= 0.3 is 0 Å². The Morgan fingerprint density at radius 3 is 2.12 bits per heavy atom. The van der Waals surface area contributed by atoms with Crippen LogP contribution in [0, 0.1) is 0 Å². The Morgan fingerprint density at radius 2 is 1.50 bits per heavy atom. The molecule has 1 aliphatic heterocycles. The van der Waals surface area contributed by atoms with Gasteiger partial charge in [0, 0.05) is 11.3 Å². The van der Waals surface area contributed by atoms with Gasteiger partial charge in [0.05, 0.1) is 5.69 Å². The summed E-state index contributed by atoms with van der Waals surface area (Å²) in [7, 11) is 0. The molecule has 0 aromatic heterocycles. The van der Waals surface area contributed by atoms with Crippen molar-refractivity contribution in [3.8, 4) is 0 Å². The molecule has 1 aliphatic rings. The predicted molar refractivity (Wildman–Crippen MR) is 95.6 cm³/mol. The first kappa shape index (κ1) is 16.0. The van der Waals surface area contributed by atoms with Crippen LogP contribution >= 0.6 is 0 Å². The highest BCUT2D eigenvalue weighted by atomic mass is 16.2. The summed E-state index contributed by atoms with van der Waals surface area (Å²) in [5, 5.41) is 3.15. The van der Waals surface area contributed by atoms with Gasteiger partial charge in [0.1, 0.15) is 5.70 Å². The van der Waals surface area contributed by atoms with Crippen molar-refractivity contribution in [2.24, 2.45) is 0 Å². The molecule has 4 heteroatoms. The number of anilines is 2. The smallest absolute Gasteiger partial charge is 0.282 e. The van der Waals surface area contributed by atoms with Crippen LogP contribution in [0.1, 0.15) is 26.2 Å². The maximum Gasteiger partial charge on any atom is 0.282 e. The lowest BCUT2D eigenvalue weighted by Crippen LogP contribution is -2.32. The maximum atomic E-state index is 12.9. The Balaban J connectivity index is 1.96. The van der Waals surface area contributed by atoms with Crippen LogP contribution < -0.4 is 10.2 Å². The van der Waals surface area contributed by atoms with E-state index in [9.17, 15) is 9.59 Å². The van der Waals surface area contributed by atoms with Crippen LogP contribution in [0.4, 0.5) is 11.4 Å². The van der Waals surface area contributed by atoms with Crippen LogP contribution in [0.3, 0.4) is 0 Å². The number of imide groups is 1. The number of rotatable bonds is 6. The van der Waals surface area contributed by atoms with Gasteiger partial charge in [-0.15, -0.1) is 0 Å². The molecule has 2 aromatic carbocycles. The van der Waals surface area contributed by atoms with Crippen LogP contribution in [0.15, 0.2) is 71.9 Å². The number of para-hydroxylation sites is 2. The van der Waals surface area contributed by atoms with E-state index in [0.29, 0.717) is 23.4 Å². The normalized spacial score (nSPS) is 14.5. The molecule has 4 nitrogen and oxygen atoms in total. The summed E-state index contributed by atoms with van der Waals surface area (Å²) in [4.78, 5) is 27.0. The number of carbonyl (C=O) groups excluding carboxylic acids is 2. The Hall–Kier alpha value is -2.88. The molecule has 0 saturated carbocycles. The highest BCUT2D eigenvalue weighted by Gasteiger charge is 2.38. The van der Waals surface area contributed by atoms with Crippen LogP contribution in [-0.2, 0) is 9.59 Å². The summed E-state index contributed by atoms with van der Waals surface area (Å²) in [6.45, 7) is 2.07. The minimum atomic E-state index is -0.291. The standard InChI is InChI=1S/C20H20N2O2/c1-2-3-14-17-18(21-15-10-6-4-7-11-15)20(24)22(19(17)23)16-12-8-5-9-13-16/h4-13,21H,2-3,14H2,1H3. The Labute approximate surface area is 141 Å². The van der Waals surface area contributed by atoms with E-state index in [1.165, 1.54) is 4.90 Å². The summed E-state index contributed by atoms with van der Waals surface area (Å²) in [5.41, 5.74) is 2.36. The van der Waals surface area contributed by atoms with Crippen molar-refractivity contribution < 1.29 is 9.59 Å². The van der Waals surface area contributed by atoms with Crippen molar-refractivity contribution in [3.63, 3.8) is 0 Å². The summed E-state index contributed by atoms with van der Waals surface area (Å²) in [5.74, 6) is -0.515. The molecule has 1 heterocycles. The Bertz CT molecular complexity index is 767. The van der Waals surface area contributed by atoms with Crippen LogP contribution in [-0.4, -0.2) is 11.8 Å². The lowest BCUT2D eigenvalue weighted by Gasteiger charge is -2.15. The topological polar surface area (TPSA) is 49.4 Å². The molecule has 1 N–H and O–H groups in total. The average Bonchev–Trinajstić information content (AvgIpc) is 2.85. The first-order chi connectivity index (χ1) is 11.7. The summed E-state index contributed by atoms with van der Waals surface area (Å²) < 4.78 is 0. The fourth-order valence-electron chi connectivity index (χ4n) is 2.77. The highest BCUT2D eigenvalue weighted by Crippen LogP contribution is 2.30. The molecule has 2 amide bonds. The van der Waals surface area contributed by atoms with Crippen molar-refractivity contribution in [1.29, 1.82) is 0 Å². The summed E-state index contributed by atoms with van der Waals surface area (Å²) in [6, 6.07) is 18.5. The van der Waals surface area contributed by atoms with Crippen molar-refractivity contribution >= 4 is 23.2 Å². The Morgan fingerprint density at radius 1 is 0.875 bits per heavy atom. The zero-order valence-electron chi connectivity index (χ0n) is 13.7. The van der Waals surface area contributed by atoms with E-state index in [4.69, 9.17) is 0 Å². The molecular weight excluding hydrogens is 300 g/mol. The van der Waals surface area contributed by atoms with E-state index >= 15 is 0 Å². The zero-order chi connectivity index (χ0) is 16.9. The molecule has 0 fully saturated rings. The largest absolute Gasteiger partial charge is 0.351 e. The van der Waals surface area contributed by atoms with Crippen molar-refractivity contribution in [1.82, 2.24) is 0 Å². The molecule has 3 rings (SSSR count). The number of hydrogen-bond donors (Lipinski definition) is 1. The zero-order valence-corrected chi connectivity index (χ0v) is 13.7. The summed E-state index contributed by atoms with van der Waals surface area (Å²) >= 11 is 0. The molecule has 0 radical (unpaired) electrons. The van der Waals surface area contributed by atoms with E-state index in [1.807, 2.05) is 48.5 Å². The third-order valence-corrected chi connectivity index (χ3v) is 4.02.